The minimum Gasteiger partial charge on any atom is -0.396 e. The van der Waals surface area contributed by atoms with E-state index in [0.717, 1.165) is 39.1 Å². The van der Waals surface area contributed by atoms with E-state index in [4.69, 9.17) is 11.5 Å². The molecule has 2 aromatic heterocycles. The first-order valence-corrected chi connectivity index (χ1v) is 7.52. The zero-order valence-electron chi connectivity index (χ0n) is 13.6. The third kappa shape index (κ3) is 2.63. The van der Waals surface area contributed by atoms with Crippen LogP contribution in [0.3, 0.4) is 0 Å². The van der Waals surface area contributed by atoms with Gasteiger partial charge in [0.1, 0.15) is 5.82 Å². The van der Waals surface area contributed by atoms with Gasteiger partial charge in [-0.05, 0) is 49.1 Å². The number of aryl methyl sites for hydroxylation is 3. The Hall–Kier alpha value is -2.88. The van der Waals surface area contributed by atoms with Gasteiger partial charge in [-0.15, -0.1) is 0 Å². The van der Waals surface area contributed by atoms with Crippen molar-refractivity contribution in [1.29, 1.82) is 0 Å². The fraction of sp³-hybridized carbons (Fsp3) is 0.158. The molecule has 0 amide bonds. The van der Waals surface area contributed by atoms with Gasteiger partial charge < -0.3 is 11.5 Å². The first-order valence-electron chi connectivity index (χ1n) is 7.52. The van der Waals surface area contributed by atoms with Crippen molar-refractivity contribution in [2.45, 2.75) is 20.8 Å². The van der Waals surface area contributed by atoms with Gasteiger partial charge >= 0.3 is 0 Å². The van der Waals surface area contributed by atoms with Crippen molar-refractivity contribution in [3.8, 4) is 22.4 Å². The molecule has 23 heavy (non-hydrogen) atoms. The van der Waals surface area contributed by atoms with Gasteiger partial charge in [0.2, 0.25) is 0 Å². The molecule has 116 valence electrons. The lowest BCUT2D eigenvalue weighted by atomic mass is 9.92. The van der Waals surface area contributed by atoms with Gasteiger partial charge in [0.05, 0.1) is 11.4 Å². The molecule has 0 saturated carbocycles. The number of hydrogen-bond donors (Lipinski definition) is 2. The number of pyridine rings is 2. The van der Waals surface area contributed by atoms with Crippen LogP contribution in [0.2, 0.25) is 0 Å². The van der Waals surface area contributed by atoms with E-state index in [9.17, 15) is 0 Å². The molecule has 0 bridgehead atoms. The van der Waals surface area contributed by atoms with Crippen LogP contribution >= 0.6 is 0 Å². The SMILES string of the molecule is Cc1ccccc1-c1nc(N)c(N)cc1-c1c(C)cncc1C. The highest BCUT2D eigenvalue weighted by Crippen LogP contribution is 2.38. The Kier molecular flexibility index (Phi) is 3.74. The molecule has 0 radical (unpaired) electrons. The molecule has 0 fully saturated rings. The van der Waals surface area contributed by atoms with E-state index < -0.39 is 0 Å². The molecule has 1 aromatic carbocycles. The van der Waals surface area contributed by atoms with Crippen LogP contribution in [0.1, 0.15) is 16.7 Å². The summed E-state index contributed by atoms with van der Waals surface area (Å²) in [6.45, 7) is 6.16. The fourth-order valence-corrected chi connectivity index (χ4v) is 2.90. The monoisotopic (exact) mass is 304 g/mol. The van der Waals surface area contributed by atoms with Crippen molar-refractivity contribution in [3.63, 3.8) is 0 Å². The van der Waals surface area contributed by atoms with Crippen molar-refractivity contribution in [1.82, 2.24) is 9.97 Å². The maximum absolute atomic E-state index is 6.04. The molecule has 0 atom stereocenters. The summed E-state index contributed by atoms with van der Waals surface area (Å²) < 4.78 is 0. The summed E-state index contributed by atoms with van der Waals surface area (Å²) in [5.41, 5.74) is 19.9. The first-order chi connectivity index (χ1) is 11.0. The Morgan fingerprint density at radius 3 is 2.13 bits per heavy atom. The quantitative estimate of drug-likeness (QED) is 0.752. The Morgan fingerprint density at radius 1 is 0.826 bits per heavy atom. The molecule has 0 saturated heterocycles. The third-order valence-electron chi connectivity index (χ3n) is 4.08. The molecule has 0 spiro atoms. The van der Waals surface area contributed by atoms with E-state index in [2.05, 4.69) is 29.0 Å². The molecule has 2 heterocycles. The molecule has 0 aliphatic heterocycles. The minimum atomic E-state index is 0.358. The maximum Gasteiger partial charge on any atom is 0.147 e. The summed E-state index contributed by atoms with van der Waals surface area (Å²) in [5.74, 6) is 0.358. The summed E-state index contributed by atoms with van der Waals surface area (Å²) >= 11 is 0. The predicted molar refractivity (Wildman–Crippen MR) is 95.9 cm³/mol. The normalized spacial score (nSPS) is 10.7. The second-order valence-electron chi connectivity index (χ2n) is 5.82. The average molecular weight is 304 g/mol. The second kappa shape index (κ2) is 5.72. The van der Waals surface area contributed by atoms with Crippen molar-refractivity contribution in [2.24, 2.45) is 0 Å². The average Bonchev–Trinajstić information content (AvgIpc) is 2.51. The van der Waals surface area contributed by atoms with E-state index in [0.29, 0.717) is 11.5 Å². The Balaban J connectivity index is 2.38. The number of nitrogens with zero attached hydrogens (tertiary/aromatic N) is 2. The number of benzene rings is 1. The molecule has 4 nitrogen and oxygen atoms in total. The van der Waals surface area contributed by atoms with Gasteiger partial charge in [0.25, 0.3) is 0 Å². The largest absolute Gasteiger partial charge is 0.396 e. The second-order valence-corrected chi connectivity index (χ2v) is 5.82. The summed E-state index contributed by atoms with van der Waals surface area (Å²) in [6, 6.07) is 10.1. The Labute approximate surface area is 136 Å². The van der Waals surface area contributed by atoms with Gasteiger partial charge in [-0.25, -0.2) is 4.98 Å². The van der Waals surface area contributed by atoms with Gasteiger partial charge in [-0.3, -0.25) is 4.98 Å². The molecule has 0 unspecified atom stereocenters. The topological polar surface area (TPSA) is 77.8 Å². The lowest BCUT2D eigenvalue weighted by Gasteiger charge is -2.16. The van der Waals surface area contributed by atoms with Gasteiger partial charge in [0, 0.05) is 23.5 Å². The lowest BCUT2D eigenvalue weighted by molar-refractivity contribution is 1.21. The highest BCUT2D eigenvalue weighted by atomic mass is 14.9. The van der Waals surface area contributed by atoms with Crippen LogP contribution in [0.5, 0.6) is 0 Å². The number of nitrogens with two attached hydrogens (primary N) is 2. The first kappa shape index (κ1) is 15.0. The summed E-state index contributed by atoms with van der Waals surface area (Å²) in [6.07, 6.45) is 3.72. The third-order valence-corrected chi connectivity index (χ3v) is 4.08. The molecule has 4 heteroatoms. The highest BCUT2D eigenvalue weighted by molar-refractivity contribution is 5.88. The lowest BCUT2D eigenvalue weighted by Crippen LogP contribution is -2.03. The van der Waals surface area contributed by atoms with Crippen LogP contribution in [0.25, 0.3) is 22.4 Å². The number of rotatable bonds is 2. The van der Waals surface area contributed by atoms with Crippen LogP contribution in [-0.2, 0) is 0 Å². The fourth-order valence-electron chi connectivity index (χ4n) is 2.90. The molecular formula is C19H20N4. The van der Waals surface area contributed by atoms with E-state index in [1.54, 1.807) is 0 Å². The Morgan fingerprint density at radius 2 is 1.48 bits per heavy atom. The van der Waals surface area contributed by atoms with Crippen molar-refractivity contribution >= 4 is 11.5 Å². The predicted octanol–water partition coefficient (Wildman–Crippen LogP) is 3.90. The van der Waals surface area contributed by atoms with Crippen molar-refractivity contribution in [2.75, 3.05) is 11.5 Å². The molecular weight excluding hydrogens is 284 g/mol. The zero-order chi connectivity index (χ0) is 16.6. The van der Waals surface area contributed by atoms with E-state index in [1.807, 2.05) is 44.4 Å². The van der Waals surface area contributed by atoms with Gasteiger partial charge in [-0.2, -0.15) is 0 Å². The zero-order valence-corrected chi connectivity index (χ0v) is 13.6. The molecule has 4 N–H and O–H groups in total. The number of nitrogen functional groups attached to an aromatic ring is 2. The molecule has 3 aromatic rings. The van der Waals surface area contributed by atoms with Crippen molar-refractivity contribution < 1.29 is 0 Å². The number of hydrogen-bond acceptors (Lipinski definition) is 4. The van der Waals surface area contributed by atoms with Crippen LogP contribution in [0.15, 0.2) is 42.7 Å². The van der Waals surface area contributed by atoms with E-state index in [-0.39, 0.29) is 0 Å². The standard InChI is InChI=1S/C19H20N4/c1-11-6-4-5-7-14(11)18-15(8-16(20)19(21)23-18)17-12(2)9-22-10-13(17)3/h4-10H,20H2,1-3H3,(H2,21,23). The van der Waals surface area contributed by atoms with Crippen molar-refractivity contribution in [3.05, 3.63) is 59.4 Å². The number of aromatic nitrogens is 2. The van der Waals surface area contributed by atoms with Crippen LogP contribution in [0.4, 0.5) is 11.5 Å². The van der Waals surface area contributed by atoms with Gasteiger partial charge in [0.15, 0.2) is 0 Å². The molecule has 0 aliphatic rings. The van der Waals surface area contributed by atoms with E-state index in [1.165, 1.54) is 0 Å². The summed E-state index contributed by atoms with van der Waals surface area (Å²) in [4.78, 5) is 8.85. The molecule has 3 rings (SSSR count). The van der Waals surface area contributed by atoms with E-state index >= 15 is 0 Å². The smallest absolute Gasteiger partial charge is 0.147 e. The number of anilines is 2. The van der Waals surface area contributed by atoms with Crippen LogP contribution in [-0.4, -0.2) is 9.97 Å². The highest BCUT2D eigenvalue weighted by Gasteiger charge is 2.17. The van der Waals surface area contributed by atoms with Crippen LogP contribution < -0.4 is 11.5 Å². The maximum atomic E-state index is 6.04. The van der Waals surface area contributed by atoms with Gasteiger partial charge in [-0.1, -0.05) is 24.3 Å². The summed E-state index contributed by atoms with van der Waals surface area (Å²) in [7, 11) is 0. The minimum absolute atomic E-state index is 0.358. The Bertz CT molecular complexity index is 864. The molecule has 0 aliphatic carbocycles. The van der Waals surface area contributed by atoms with Crippen LogP contribution in [0, 0.1) is 20.8 Å². The summed E-state index contributed by atoms with van der Waals surface area (Å²) in [5, 5.41) is 0.